The van der Waals surface area contributed by atoms with Gasteiger partial charge in [-0.2, -0.15) is 0 Å². The fourth-order valence-corrected chi connectivity index (χ4v) is 2.29. The van der Waals surface area contributed by atoms with Crippen LogP contribution in [0.25, 0.3) is 22.6 Å². The third-order valence-electron chi connectivity index (χ3n) is 2.53. The molecule has 3 N–H and O–H groups in total. The Balaban J connectivity index is 2.29. The summed E-state index contributed by atoms with van der Waals surface area (Å²) in [6, 6.07) is 4.89. The van der Waals surface area contributed by atoms with Crippen molar-refractivity contribution >= 4 is 34.4 Å². The van der Waals surface area contributed by atoms with Crippen LogP contribution in [0.1, 0.15) is 0 Å². The Morgan fingerprint density at radius 2 is 1.63 bits per heavy atom. The highest BCUT2D eigenvalue weighted by atomic mass is 35.5. The lowest BCUT2D eigenvalue weighted by Crippen LogP contribution is -2.21. The van der Waals surface area contributed by atoms with E-state index in [0.717, 1.165) is 0 Å². The van der Waals surface area contributed by atoms with Crippen molar-refractivity contribution in [3.63, 3.8) is 0 Å². The number of nitrogens with one attached hydrogen (secondary N) is 3. The number of aromatic nitrogens is 4. The number of fused-ring (bicyclic) bond motifs is 1. The average Bonchev–Trinajstić information content (AvgIpc) is 2.71. The minimum atomic E-state index is -0.611. The zero-order valence-electron chi connectivity index (χ0n) is 9.25. The maximum atomic E-state index is 11.6. The van der Waals surface area contributed by atoms with Crippen molar-refractivity contribution in [3.05, 3.63) is 49.1 Å². The van der Waals surface area contributed by atoms with Crippen LogP contribution in [-0.2, 0) is 0 Å². The summed E-state index contributed by atoms with van der Waals surface area (Å²) in [6.45, 7) is 0. The highest BCUT2D eigenvalue weighted by Crippen LogP contribution is 2.25. The van der Waals surface area contributed by atoms with Gasteiger partial charge in [0.2, 0.25) is 0 Å². The maximum absolute atomic E-state index is 11.6. The Labute approximate surface area is 115 Å². The molecule has 0 saturated carbocycles. The number of nitrogens with zero attached hydrogens (tertiary/aromatic N) is 1. The van der Waals surface area contributed by atoms with Crippen molar-refractivity contribution in [3.8, 4) is 11.4 Å². The molecular formula is C11H6Cl2N4O2. The number of imidazole rings is 1. The zero-order valence-corrected chi connectivity index (χ0v) is 10.8. The molecule has 2 heterocycles. The van der Waals surface area contributed by atoms with Crippen LogP contribution < -0.4 is 11.2 Å². The molecule has 0 unspecified atom stereocenters. The van der Waals surface area contributed by atoms with E-state index in [1.54, 1.807) is 18.2 Å². The molecule has 19 heavy (non-hydrogen) atoms. The maximum Gasteiger partial charge on any atom is 0.327 e. The van der Waals surface area contributed by atoms with E-state index in [0.29, 0.717) is 21.4 Å². The molecule has 0 spiro atoms. The summed E-state index contributed by atoms with van der Waals surface area (Å²) in [7, 11) is 0. The Morgan fingerprint density at radius 3 is 2.32 bits per heavy atom. The van der Waals surface area contributed by atoms with Crippen molar-refractivity contribution in [2.75, 3.05) is 0 Å². The first-order valence-electron chi connectivity index (χ1n) is 5.22. The van der Waals surface area contributed by atoms with E-state index in [-0.39, 0.29) is 11.2 Å². The molecular weight excluding hydrogens is 291 g/mol. The molecule has 96 valence electrons. The van der Waals surface area contributed by atoms with E-state index >= 15 is 0 Å². The largest absolute Gasteiger partial charge is 0.332 e. The number of H-pyrrole nitrogens is 3. The SMILES string of the molecule is O=c1[nH]c(=O)c2[nH]c(-c3cc(Cl)cc(Cl)c3)nc2[nH]1. The standard InChI is InChI=1S/C11H6Cl2N4O2/c12-5-1-4(2-6(13)3-5)8-14-7-9(15-8)16-11(19)17-10(7)18/h1-3H,(H3,14,15,16,17,18,19). The minimum Gasteiger partial charge on any atom is -0.332 e. The summed E-state index contributed by atoms with van der Waals surface area (Å²) in [5.41, 5.74) is -0.162. The van der Waals surface area contributed by atoms with Gasteiger partial charge < -0.3 is 4.98 Å². The molecule has 0 amide bonds. The summed E-state index contributed by atoms with van der Waals surface area (Å²) in [6.07, 6.45) is 0. The number of rotatable bonds is 1. The van der Waals surface area contributed by atoms with Crippen LogP contribution in [0.2, 0.25) is 10.0 Å². The third-order valence-corrected chi connectivity index (χ3v) is 2.96. The van der Waals surface area contributed by atoms with E-state index < -0.39 is 11.2 Å². The zero-order chi connectivity index (χ0) is 13.6. The number of halogens is 2. The molecule has 6 nitrogen and oxygen atoms in total. The van der Waals surface area contributed by atoms with Crippen LogP contribution in [0.15, 0.2) is 27.8 Å². The average molecular weight is 297 g/mol. The first-order chi connectivity index (χ1) is 9.02. The molecule has 0 fully saturated rings. The molecule has 0 saturated heterocycles. The highest BCUT2D eigenvalue weighted by Gasteiger charge is 2.10. The van der Waals surface area contributed by atoms with Gasteiger partial charge in [0.1, 0.15) is 11.3 Å². The predicted octanol–water partition coefficient (Wildman–Crippen LogP) is 1.91. The summed E-state index contributed by atoms with van der Waals surface area (Å²) >= 11 is 11.8. The molecule has 8 heteroatoms. The minimum absolute atomic E-state index is 0.180. The van der Waals surface area contributed by atoms with Gasteiger partial charge in [-0.3, -0.25) is 14.8 Å². The van der Waals surface area contributed by atoms with Crippen molar-refractivity contribution in [1.29, 1.82) is 0 Å². The molecule has 0 radical (unpaired) electrons. The monoisotopic (exact) mass is 296 g/mol. The lowest BCUT2D eigenvalue weighted by atomic mass is 10.2. The Morgan fingerprint density at radius 1 is 0.947 bits per heavy atom. The quantitative estimate of drug-likeness (QED) is 0.640. The van der Waals surface area contributed by atoms with Crippen molar-refractivity contribution in [1.82, 2.24) is 19.9 Å². The van der Waals surface area contributed by atoms with Gasteiger partial charge >= 0.3 is 5.69 Å². The predicted molar refractivity (Wildman–Crippen MR) is 72.8 cm³/mol. The fraction of sp³-hybridized carbons (Fsp3) is 0. The number of hydrogen-bond acceptors (Lipinski definition) is 3. The van der Waals surface area contributed by atoms with Gasteiger partial charge in [-0.1, -0.05) is 23.2 Å². The summed E-state index contributed by atoms with van der Waals surface area (Å²) in [5.74, 6) is 0.395. The molecule has 2 aromatic heterocycles. The topological polar surface area (TPSA) is 94.4 Å². The summed E-state index contributed by atoms with van der Waals surface area (Å²) in [5, 5.41) is 0.899. The van der Waals surface area contributed by atoms with Gasteiger partial charge in [-0.05, 0) is 18.2 Å². The molecule has 0 bridgehead atoms. The van der Waals surface area contributed by atoms with Crippen LogP contribution in [0, 0.1) is 0 Å². The van der Waals surface area contributed by atoms with E-state index in [4.69, 9.17) is 23.2 Å². The van der Waals surface area contributed by atoms with Gasteiger partial charge in [0.25, 0.3) is 5.56 Å². The van der Waals surface area contributed by atoms with Gasteiger partial charge in [-0.25, -0.2) is 9.78 Å². The van der Waals surface area contributed by atoms with Gasteiger partial charge in [-0.15, -0.1) is 0 Å². The van der Waals surface area contributed by atoms with Crippen molar-refractivity contribution in [2.45, 2.75) is 0 Å². The smallest absolute Gasteiger partial charge is 0.327 e. The first kappa shape index (κ1) is 12.0. The highest BCUT2D eigenvalue weighted by molar-refractivity contribution is 6.35. The fourth-order valence-electron chi connectivity index (χ4n) is 1.76. The summed E-state index contributed by atoms with van der Waals surface area (Å²) < 4.78 is 0. The van der Waals surface area contributed by atoms with E-state index in [1.807, 2.05) is 0 Å². The van der Waals surface area contributed by atoms with E-state index in [9.17, 15) is 9.59 Å². The van der Waals surface area contributed by atoms with Gasteiger partial charge in [0.05, 0.1) is 0 Å². The summed E-state index contributed by atoms with van der Waals surface area (Å²) in [4.78, 5) is 34.2. The van der Waals surface area contributed by atoms with Crippen LogP contribution >= 0.6 is 23.2 Å². The van der Waals surface area contributed by atoms with Gasteiger partial charge in [0.15, 0.2) is 5.65 Å². The Kier molecular flexibility index (Phi) is 2.69. The molecule has 0 aliphatic carbocycles. The Bertz CT molecular complexity index is 873. The second-order valence-electron chi connectivity index (χ2n) is 3.88. The van der Waals surface area contributed by atoms with Crippen molar-refractivity contribution < 1.29 is 0 Å². The molecule has 3 rings (SSSR count). The molecule has 0 atom stereocenters. The second kappa shape index (κ2) is 4.25. The molecule has 0 aliphatic heterocycles. The van der Waals surface area contributed by atoms with E-state index in [2.05, 4.69) is 19.9 Å². The van der Waals surface area contributed by atoms with E-state index in [1.165, 1.54) is 0 Å². The Hall–Kier alpha value is -2.05. The van der Waals surface area contributed by atoms with Crippen LogP contribution in [0.5, 0.6) is 0 Å². The normalized spacial score (nSPS) is 11.1. The number of aromatic amines is 3. The van der Waals surface area contributed by atoms with Crippen LogP contribution in [0.4, 0.5) is 0 Å². The third kappa shape index (κ3) is 2.16. The lowest BCUT2D eigenvalue weighted by Gasteiger charge is -1.98. The van der Waals surface area contributed by atoms with Crippen LogP contribution in [0.3, 0.4) is 0 Å². The number of benzene rings is 1. The molecule has 1 aromatic carbocycles. The first-order valence-corrected chi connectivity index (χ1v) is 5.97. The van der Waals surface area contributed by atoms with Crippen molar-refractivity contribution in [2.24, 2.45) is 0 Å². The second-order valence-corrected chi connectivity index (χ2v) is 4.75. The molecule has 3 aromatic rings. The number of hydrogen-bond donors (Lipinski definition) is 3. The lowest BCUT2D eigenvalue weighted by molar-refractivity contribution is 1.07. The van der Waals surface area contributed by atoms with Gasteiger partial charge in [0, 0.05) is 15.6 Å². The molecule has 0 aliphatic rings. The van der Waals surface area contributed by atoms with Crippen LogP contribution in [-0.4, -0.2) is 19.9 Å².